The molecule has 6 nitrogen and oxygen atoms in total. The van der Waals surface area contributed by atoms with Gasteiger partial charge in [-0.3, -0.25) is 4.79 Å². The third-order valence-electron chi connectivity index (χ3n) is 3.62. The molecular weight excluding hydrogens is 278 g/mol. The minimum atomic E-state index is -1.11. The van der Waals surface area contributed by atoms with Crippen molar-refractivity contribution in [3.8, 4) is 0 Å². The van der Waals surface area contributed by atoms with Gasteiger partial charge in [0.05, 0.1) is 0 Å². The van der Waals surface area contributed by atoms with Gasteiger partial charge in [-0.1, -0.05) is 12.8 Å². The Morgan fingerprint density at radius 3 is 2.80 bits per heavy atom. The summed E-state index contributed by atoms with van der Waals surface area (Å²) in [5.41, 5.74) is -0.0803. The van der Waals surface area contributed by atoms with Gasteiger partial charge in [0.2, 0.25) is 0 Å². The number of amides is 1. The zero-order valence-corrected chi connectivity index (χ0v) is 12.3. The molecule has 1 fully saturated rings. The minimum absolute atomic E-state index is 0.0803. The van der Waals surface area contributed by atoms with Crippen LogP contribution in [0.5, 0.6) is 0 Å². The second-order valence-electron chi connectivity index (χ2n) is 5.02. The van der Waals surface area contributed by atoms with Crippen LogP contribution in [0.1, 0.15) is 46.0 Å². The van der Waals surface area contributed by atoms with E-state index in [0.29, 0.717) is 12.6 Å². The van der Waals surface area contributed by atoms with Gasteiger partial charge < -0.3 is 15.3 Å². The highest BCUT2D eigenvalue weighted by Crippen LogP contribution is 2.21. The van der Waals surface area contributed by atoms with Gasteiger partial charge in [0, 0.05) is 24.5 Å². The molecule has 1 aliphatic carbocycles. The van der Waals surface area contributed by atoms with E-state index in [1.54, 1.807) is 0 Å². The van der Waals surface area contributed by atoms with Crippen molar-refractivity contribution in [1.82, 2.24) is 15.2 Å². The lowest BCUT2D eigenvalue weighted by Gasteiger charge is -2.23. The van der Waals surface area contributed by atoms with E-state index >= 15 is 0 Å². The van der Waals surface area contributed by atoms with Crippen molar-refractivity contribution in [2.45, 2.75) is 31.7 Å². The van der Waals surface area contributed by atoms with Crippen LogP contribution in [0, 0.1) is 0 Å². The van der Waals surface area contributed by atoms with Crippen LogP contribution >= 0.6 is 11.3 Å². The molecule has 0 aromatic carbocycles. The maximum Gasteiger partial charge on any atom is 0.355 e. The summed E-state index contributed by atoms with van der Waals surface area (Å²) in [7, 11) is 2.08. The van der Waals surface area contributed by atoms with E-state index in [1.165, 1.54) is 31.1 Å². The molecule has 2 rings (SSSR count). The molecule has 1 aromatic rings. The van der Waals surface area contributed by atoms with Crippen molar-refractivity contribution in [2.75, 3.05) is 20.1 Å². The summed E-state index contributed by atoms with van der Waals surface area (Å²) in [5, 5.41) is 13.1. The Morgan fingerprint density at radius 1 is 1.50 bits per heavy atom. The van der Waals surface area contributed by atoms with Gasteiger partial charge in [-0.25, -0.2) is 9.78 Å². The molecule has 0 spiro atoms. The number of carboxylic acid groups (broad SMARTS) is 1. The number of rotatable bonds is 6. The number of aromatic carboxylic acids is 1. The molecular formula is C13H19N3O3S. The third-order valence-corrected chi connectivity index (χ3v) is 4.46. The second-order valence-corrected chi connectivity index (χ2v) is 5.88. The molecule has 1 saturated carbocycles. The Bertz CT molecular complexity index is 483. The zero-order valence-electron chi connectivity index (χ0n) is 11.5. The van der Waals surface area contributed by atoms with Crippen LogP contribution in [0.15, 0.2) is 5.38 Å². The first-order valence-corrected chi connectivity index (χ1v) is 7.63. The number of hydrogen-bond acceptors (Lipinski definition) is 5. The highest BCUT2D eigenvalue weighted by atomic mass is 32.1. The van der Waals surface area contributed by atoms with Crippen molar-refractivity contribution >= 4 is 23.2 Å². The molecule has 1 aliphatic rings. The van der Waals surface area contributed by atoms with Gasteiger partial charge in [-0.2, -0.15) is 0 Å². The van der Waals surface area contributed by atoms with Crippen molar-refractivity contribution in [3.63, 3.8) is 0 Å². The number of nitrogens with one attached hydrogen (secondary N) is 1. The molecule has 1 aromatic heterocycles. The minimum Gasteiger partial charge on any atom is -0.476 e. The number of carbonyl (C=O) groups is 2. The predicted molar refractivity (Wildman–Crippen MR) is 76.3 cm³/mol. The lowest BCUT2D eigenvalue weighted by atomic mass is 10.2. The number of likely N-dealkylation sites (N-methyl/N-ethyl adjacent to an activating group) is 1. The molecule has 1 amide bonds. The van der Waals surface area contributed by atoms with E-state index < -0.39 is 5.97 Å². The van der Waals surface area contributed by atoms with E-state index in [-0.39, 0.29) is 16.6 Å². The van der Waals surface area contributed by atoms with Crippen molar-refractivity contribution in [3.05, 3.63) is 16.1 Å². The van der Waals surface area contributed by atoms with Crippen LogP contribution in [0.3, 0.4) is 0 Å². The Labute approximate surface area is 121 Å². The fraction of sp³-hybridized carbons (Fsp3) is 0.615. The highest BCUT2D eigenvalue weighted by molar-refractivity contribution is 7.11. The highest BCUT2D eigenvalue weighted by Gasteiger charge is 2.19. The average molecular weight is 297 g/mol. The van der Waals surface area contributed by atoms with Gasteiger partial charge in [0.1, 0.15) is 0 Å². The molecule has 0 bridgehead atoms. The Kier molecular flexibility index (Phi) is 5.08. The molecule has 0 unspecified atom stereocenters. The van der Waals surface area contributed by atoms with Crippen LogP contribution in [0.4, 0.5) is 0 Å². The number of hydrogen-bond donors (Lipinski definition) is 2. The molecule has 1 heterocycles. The monoisotopic (exact) mass is 297 g/mol. The van der Waals surface area contributed by atoms with Crippen LogP contribution in [0.25, 0.3) is 0 Å². The van der Waals surface area contributed by atoms with Crippen molar-refractivity contribution in [2.24, 2.45) is 0 Å². The normalized spacial score (nSPS) is 15.7. The first kappa shape index (κ1) is 14.9. The second kappa shape index (κ2) is 6.81. The van der Waals surface area contributed by atoms with Gasteiger partial charge in [0.25, 0.3) is 5.91 Å². The van der Waals surface area contributed by atoms with E-state index in [1.807, 2.05) is 0 Å². The number of aromatic nitrogens is 1. The fourth-order valence-corrected chi connectivity index (χ4v) is 3.13. The van der Waals surface area contributed by atoms with E-state index in [9.17, 15) is 9.59 Å². The first-order chi connectivity index (χ1) is 9.58. The van der Waals surface area contributed by atoms with Crippen LogP contribution in [-0.2, 0) is 0 Å². The maximum atomic E-state index is 11.8. The summed E-state index contributed by atoms with van der Waals surface area (Å²) >= 11 is 1.05. The largest absolute Gasteiger partial charge is 0.476 e. The number of nitrogens with zero attached hydrogens (tertiary/aromatic N) is 2. The third kappa shape index (κ3) is 3.77. The zero-order chi connectivity index (χ0) is 14.5. The summed E-state index contributed by atoms with van der Waals surface area (Å²) in [6.07, 6.45) is 5.05. The van der Waals surface area contributed by atoms with Gasteiger partial charge in [0.15, 0.2) is 10.7 Å². The fourth-order valence-electron chi connectivity index (χ4n) is 2.43. The molecule has 0 aliphatic heterocycles. The Hall–Kier alpha value is -1.47. The van der Waals surface area contributed by atoms with Crippen LogP contribution in [0.2, 0.25) is 0 Å². The molecule has 7 heteroatoms. The quantitative estimate of drug-likeness (QED) is 0.830. The van der Waals surface area contributed by atoms with Gasteiger partial charge in [-0.15, -0.1) is 11.3 Å². The predicted octanol–water partition coefficient (Wildman–Crippen LogP) is 1.45. The van der Waals surface area contributed by atoms with Crippen molar-refractivity contribution < 1.29 is 14.7 Å². The number of carboxylic acids is 1. The standard InChI is InChI=1S/C13H19N3O3S/c1-16(9-4-2-3-5-9)7-6-14-11(17)12-15-10(8-20-12)13(18)19/h8-9H,2-7H2,1H3,(H,14,17)(H,18,19). The molecule has 2 N–H and O–H groups in total. The van der Waals surface area contributed by atoms with Crippen LogP contribution < -0.4 is 5.32 Å². The lowest BCUT2D eigenvalue weighted by molar-refractivity contribution is 0.0691. The summed E-state index contributed by atoms with van der Waals surface area (Å²) in [6, 6.07) is 0.630. The topological polar surface area (TPSA) is 82.5 Å². The summed E-state index contributed by atoms with van der Waals surface area (Å²) in [6.45, 7) is 1.35. The van der Waals surface area contributed by atoms with E-state index in [4.69, 9.17) is 5.11 Å². The molecule has 0 saturated heterocycles. The molecule has 110 valence electrons. The molecule has 20 heavy (non-hydrogen) atoms. The average Bonchev–Trinajstić information content (AvgIpc) is 3.09. The lowest BCUT2D eigenvalue weighted by Crippen LogP contribution is -2.37. The summed E-state index contributed by atoms with van der Waals surface area (Å²) < 4.78 is 0. The molecule has 0 atom stereocenters. The Balaban J connectivity index is 1.75. The van der Waals surface area contributed by atoms with E-state index in [0.717, 1.165) is 17.9 Å². The number of thiazole rings is 1. The van der Waals surface area contributed by atoms with Gasteiger partial charge in [-0.05, 0) is 19.9 Å². The SMILES string of the molecule is CN(CCNC(=O)c1nc(C(=O)O)cs1)C1CCCC1. The molecule has 0 radical (unpaired) electrons. The summed E-state index contributed by atoms with van der Waals surface area (Å²) in [5.74, 6) is -1.41. The summed E-state index contributed by atoms with van der Waals surface area (Å²) in [4.78, 5) is 28.6. The van der Waals surface area contributed by atoms with Crippen molar-refractivity contribution in [1.29, 1.82) is 0 Å². The Morgan fingerprint density at radius 2 is 2.20 bits per heavy atom. The van der Waals surface area contributed by atoms with Crippen LogP contribution in [-0.4, -0.2) is 53.0 Å². The smallest absolute Gasteiger partial charge is 0.355 e. The van der Waals surface area contributed by atoms with E-state index in [2.05, 4.69) is 22.2 Å². The maximum absolute atomic E-state index is 11.8. The van der Waals surface area contributed by atoms with Gasteiger partial charge >= 0.3 is 5.97 Å². The first-order valence-electron chi connectivity index (χ1n) is 6.75. The number of carbonyl (C=O) groups excluding carboxylic acids is 1.